The number of hydrogen-bond donors (Lipinski definition) is 1. The Hall–Kier alpha value is -2.36. The van der Waals surface area contributed by atoms with E-state index in [0.29, 0.717) is 17.1 Å². The first-order chi connectivity index (χ1) is 8.68. The van der Waals surface area contributed by atoms with Crippen molar-refractivity contribution in [1.29, 1.82) is 0 Å². The molecular formula is C14H12FN3. The van der Waals surface area contributed by atoms with Crippen LogP contribution in [0.4, 0.5) is 10.2 Å². The molecule has 0 atom stereocenters. The SMILES string of the molecule is Cc1cccn2c(N)c(-c3ccccc3F)nc12. The molecule has 18 heavy (non-hydrogen) atoms. The molecule has 0 saturated heterocycles. The Morgan fingerprint density at radius 1 is 1.17 bits per heavy atom. The number of nitrogen functional groups attached to an aromatic ring is 1. The molecule has 0 radical (unpaired) electrons. The number of fused-ring (bicyclic) bond motifs is 1. The van der Waals surface area contributed by atoms with E-state index in [-0.39, 0.29) is 5.82 Å². The van der Waals surface area contributed by atoms with Crippen LogP contribution in [0.2, 0.25) is 0 Å². The highest BCUT2D eigenvalue weighted by Crippen LogP contribution is 2.29. The molecule has 0 fully saturated rings. The van der Waals surface area contributed by atoms with Crippen LogP contribution in [0, 0.1) is 12.7 Å². The van der Waals surface area contributed by atoms with E-state index in [2.05, 4.69) is 4.98 Å². The molecule has 0 aliphatic rings. The molecule has 0 aliphatic carbocycles. The summed E-state index contributed by atoms with van der Waals surface area (Å²) < 4.78 is 15.6. The summed E-state index contributed by atoms with van der Waals surface area (Å²) in [5.41, 5.74) is 8.72. The molecular weight excluding hydrogens is 229 g/mol. The Morgan fingerprint density at radius 2 is 1.94 bits per heavy atom. The normalized spacial score (nSPS) is 11.0. The van der Waals surface area contributed by atoms with Gasteiger partial charge in [-0.05, 0) is 30.7 Å². The Kier molecular flexibility index (Phi) is 2.30. The van der Waals surface area contributed by atoms with Gasteiger partial charge in [-0.2, -0.15) is 0 Å². The number of imidazole rings is 1. The Labute approximate surface area is 104 Å². The molecule has 0 spiro atoms. The maximum absolute atomic E-state index is 13.8. The first kappa shape index (κ1) is 10.8. The lowest BCUT2D eigenvalue weighted by Gasteiger charge is -2.00. The molecule has 0 bridgehead atoms. The van der Waals surface area contributed by atoms with Gasteiger partial charge < -0.3 is 5.73 Å². The number of nitrogens with zero attached hydrogens (tertiary/aromatic N) is 2. The molecule has 3 aromatic rings. The van der Waals surface area contributed by atoms with Crippen molar-refractivity contribution >= 4 is 11.5 Å². The van der Waals surface area contributed by atoms with Gasteiger partial charge >= 0.3 is 0 Å². The van der Waals surface area contributed by atoms with E-state index >= 15 is 0 Å². The first-order valence-electron chi connectivity index (χ1n) is 5.66. The molecule has 0 unspecified atom stereocenters. The van der Waals surface area contributed by atoms with Crippen molar-refractivity contribution in [3.8, 4) is 11.3 Å². The molecule has 2 aromatic heterocycles. The number of aryl methyl sites for hydroxylation is 1. The number of rotatable bonds is 1. The number of halogens is 1. The monoisotopic (exact) mass is 241 g/mol. The molecule has 90 valence electrons. The Balaban J connectivity index is 2.35. The smallest absolute Gasteiger partial charge is 0.142 e. The highest BCUT2D eigenvalue weighted by Gasteiger charge is 2.14. The fourth-order valence-electron chi connectivity index (χ4n) is 2.07. The van der Waals surface area contributed by atoms with E-state index in [1.165, 1.54) is 6.07 Å². The van der Waals surface area contributed by atoms with Gasteiger partial charge in [0.1, 0.15) is 23.0 Å². The fourth-order valence-corrected chi connectivity index (χ4v) is 2.07. The van der Waals surface area contributed by atoms with Crippen LogP contribution in [-0.2, 0) is 0 Å². The molecule has 1 aromatic carbocycles. The largest absolute Gasteiger partial charge is 0.383 e. The van der Waals surface area contributed by atoms with Gasteiger partial charge in [0.25, 0.3) is 0 Å². The Bertz CT molecular complexity index is 731. The summed E-state index contributed by atoms with van der Waals surface area (Å²) in [6, 6.07) is 10.4. The topological polar surface area (TPSA) is 43.3 Å². The number of pyridine rings is 1. The van der Waals surface area contributed by atoms with Crippen molar-refractivity contribution in [2.75, 3.05) is 5.73 Å². The second-order valence-electron chi connectivity index (χ2n) is 4.21. The zero-order valence-electron chi connectivity index (χ0n) is 9.89. The van der Waals surface area contributed by atoms with Gasteiger partial charge in [0, 0.05) is 11.8 Å². The second-order valence-corrected chi connectivity index (χ2v) is 4.21. The molecule has 4 heteroatoms. The summed E-state index contributed by atoms with van der Waals surface area (Å²) in [7, 11) is 0. The van der Waals surface area contributed by atoms with Crippen molar-refractivity contribution in [3.63, 3.8) is 0 Å². The van der Waals surface area contributed by atoms with Gasteiger partial charge in [-0.15, -0.1) is 0 Å². The van der Waals surface area contributed by atoms with E-state index in [0.717, 1.165) is 11.2 Å². The number of benzene rings is 1. The highest BCUT2D eigenvalue weighted by molar-refractivity contribution is 5.76. The average molecular weight is 241 g/mol. The molecule has 0 aliphatic heterocycles. The van der Waals surface area contributed by atoms with E-state index in [1.54, 1.807) is 22.6 Å². The lowest BCUT2D eigenvalue weighted by atomic mass is 10.1. The van der Waals surface area contributed by atoms with Gasteiger partial charge in [0.05, 0.1) is 0 Å². The van der Waals surface area contributed by atoms with Crippen molar-refractivity contribution in [2.45, 2.75) is 6.92 Å². The van der Waals surface area contributed by atoms with Crippen molar-refractivity contribution in [1.82, 2.24) is 9.38 Å². The summed E-state index contributed by atoms with van der Waals surface area (Å²) >= 11 is 0. The summed E-state index contributed by atoms with van der Waals surface area (Å²) in [5, 5.41) is 0. The summed E-state index contributed by atoms with van der Waals surface area (Å²) in [5.74, 6) is 0.143. The lowest BCUT2D eigenvalue weighted by molar-refractivity contribution is 0.631. The third kappa shape index (κ3) is 1.46. The van der Waals surface area contributed by atoms with Crippen LogP contribution < -0.4 is 5.73 Å². The summed E-state index contributed by atoms with van der Waals surface area (Å²) in [6.45, 7) is 1.95. The van der Waals surface area contributed by atoms with Crippen LogP contribution in [0.1, 0.15) is 5.56 Å². The van der Waals surface area contributed by atoms with Gasteiger partial charge in [-0.25, -0.2) is 9.37 Å². The van der Waals surface area contributed by atoms with Crippen molar-refractivity contribution in [2.24, 2.45) is 0 Å². The molecule has 0 saturated carbocycles. The molecule has 0 amide bonds. The molecule has 2 heterocycles. The van der Waals surface area contributed by atoms with Crippen molar-refractivity contribution < 1.29 is 4.39 Å². The first-order valence-corrected chi connectivity index (χ1v) is 5.66. The van der Waals surface area contributed by atoms with Gasteiger partial charge in [0.2, 0.25) is 0 Å². The van der Waals surface area contributed by atoms with E-state index in [9.17, 15) is 4.39 Å². The van der Waals surface area contributed by atoms with Gasteiger partial charge in [-0.3, -0.25) is 4.40 Å². The molecule has 3 nitrogen and oxygen atoms in total. The van der Waals surface area contributed by atoms with Crippen LogP contribution in [0.5, 0.6) is 0 Å². The number of hydrogen-bond acceptors (Lipinski definition) is 2. The van der Waals surface area contributed by atoms with E-state index in [4.69, 9.17) is 5.73 Å². The summed E-state index contributed by atoms with van der Waals surface area (Å²) in [4.78, 5) is 4.44. The van der Waals surface area contributed by atoms with Crippen LogP contribution in [0.3, 0.4) is 0 Å². The lowest BCUT2D eigenvalue weighted by Crippen LogP contribution is -1.95. The second kappa shape index (κ2) is 3.84. The van der Waals surface area contributed by atoms with Crippen LogP contribution >= 0.6 is 0 Å². The number of nitrogens with two attached hydrogens (primary N) is 1. The minimum Gasteiger partial charge on any atom is -0.383 e. The third-order valence-electron chi connectivity index (χ3n) is 3.01. The van der Waals surface area contributed by atoms with E-state index in [1.807, 2.05) is 25.3 Å². The zero-order chi connectivity index (χ0) is 12.7. The van der Waals surface area contributed by atoms with Crippen LogP contribution in [0.15, 0.2) is 42.6 Å². The average Bonchev–Trinajstić information content (AvgIpc) is 2.70. The quantitative estimate of drug-likeness (QED) is 0.711. The standard InChI is InChI=1S/C14H12FN3/c1-9-5-4-8-18-13(16)12(17-14(9)18)10-6-2-3-7-11(10)15/h2-8H,16H2,1H3. The van der Waals surface area contributed by atoms with Crippen molar-refractivity contribution in [3.05, 3.63) is 54.0 Å². The van der Waals surface area contributed by atoms with Gasteiger partial charge in [-0.1, -0.05) is 18.2 Å². The third-order valence-corrected chi connectivity index (χ3v) is 3.01. The maximum Gasteiger partial charge on any atom is 0.142 e. The molecule has 2 N–H and O–H groups in total. The van der Waals surface area contributed by atoms with Crippen LogP contribution in [-0.4, -0.2) is 9.38 Å². The zero-order valence-corrected chi connectivity index (χ0v) is 9.89. The minimum absolute atomic E-state index is 0.315. The maximum atomic E-state index is 13.8. The fraction of sp³-hybridized carbons (Fsp3) is 0.0714. The van der Waals surface area contributed by atoms with Gasteiger partial charge in [0.15, 0.2) is 0 Å². The molecule has 3 rings (SSSR count). The summed E-state index contributed by atoms with van der Waals surface area (Å²) in [6.07, 6.45) is 1.83. The van der Waals surface area contributed by atoms with Crippen LogP contribution in [0.25, 0.3) is 16.9 Å². The number of anilines is 1. The van der Waals surface area contributed by atoms with E-state index < -0.39 is 0 Å². The number of aromatic nitrogens is 2. The predicted octanol–water partition coefficient (Wildman–Crippen LogP) is 3.03. The minimum atomic E-state index is -0.315. The highest BCUT2D eigenvalue weighted by atomic mass is 19.1. The predicted molar refractivity (Wildman–Crippen MR) is 69.7 cm³/mol. The Morgan fingerprint density at radius 3 is 2.67 bits per heavy atom.